The largest absolute Gasteiger partial charge is 0.399 e. The van der Waals surface area contributed by atoms with E-state index in [0.29, 0.717) is 5.70 Å². The zero-order valence-electron chi connectivity index (χ0n) is 12.6. The molecule has 2 rings (SSSR count). The molecule has 1 aliphatic carbocycles. The van der Waals surface area contributed by atoms with Crippen molar-refractivity contribution < 1.29 is 0 Å². The van der Waals surface area contributed by atoms with Crippen molar-refractivity contribution in [2.24, 2.45) is 10.7 Å². The van der Waals surface area contributed by atoms with Crippen LogP contribution in [0.4, 0.5) is 0 Å². The van der Waals surface area contributed by atoms with Gasteiger partial charge in [0, 0.05) is 16.8 Å². The van der Waals surface area contributed by atoms with Gasteiger partial charge in [0.1, 0.15) is 0 Å². The Labute approximate surface area is 126 Å². The quantitative estimate of drug-likeness (QED) is 0.877. The predicted octanol–water partition coefficient (Wildman–Crippen LogP) is 4.32. The number of hydrogen-bond donors (Lipinski definition) is 1. The minimum Gasteiger partial charge on any atom is -0.399 e. The van der Waals surface area contributed by atoms with Crippen LogP contribution in [0.5, 0.6) is 0 Å². The van der Waals surface area contributed by atoms with Gasteiger partial charge in [0.25, 0.3) is 0 Å². The third kappa shape index (κ3) is 3.29. The van der Waals surface area contributed by atoms with Crippen molar-refractivity contribution in [1.29, 1.82) is 0 Å². The molecule has 0 saturated heterocycles. The van der Waals surface area contributed by atoms with E-state index >= 15 is 0 Å². The molecule has 0 amide bonds. The number of nitrogens with two attached hydrogens (primary N) is 1. The maximum atomic E-state index is 5.81. The van der Waals surface area contributed by atoms with E-state index in [1.807, 2.05) is 49.4 Å². The first-order valence-corrected chi connectivity index (χ1v) is 6.85. The van der Waals surface area contributed by atoms with E-state index in [1.54, 1.807) is 0 Å². The Balaban J connectivity index is 2.44. The molecule has 1 aromatic carbocycles. The van der Waals surface area contributed by atoms with Crippen LogP contribution in [0, 0.1) is 6.92 Å². The maximum absolute atomic E-state index is 5.81. The fraction of sp³-hybridized carbons (Fsp3) is 0.105. The molecular formula is C19H20N2. The van der Waals surface area contributed by atoms with Gasteiger partial charge in [-0.2, -0.15) is 0 Å². The van der Waals surface area contributed by atoms with Gasteiger partial charge in [0.05, 0.1) is 11.4 Å². The van der Waals surface area contributed by atoms with Crippen LogP contribution in [0.1, 0.15) is 18.1 Å². The molecule has 1 aliphatic rings. The Hall–Kier alpha value is -2.61. The molecule has 0 spiro atoms. The zero-order chi connectivity index (χ0) is 15.4. The lowest BCUT2D eigenvalue weighted by atomic mass is 9.98. The average molecular weight is 276 g/mol. The van der Waals surface area contributed by atoms with Gasteiger partial charge in [-0.05, 0) is 31.1 Å². The number of allylic oxidation sites excluding steroid dienone is 6. The van der Waals surface area contributed by atoms with Gasteiger partial charge < -0.3 is 5.73 Å². The van der Waals surface area contributed by atoms with Gasteiger partial charge in [0.15, 0.2) is 0 Å². The number of hydrogen-bond acceptors (Lipinski definition) is 2. The summed E-state index contributed by atoms with van der Waals surface area (Å²) in [5.41, 5.74) is 12.1. The third-order valence-electron chi connectivity index (χ3n) is 3.50. The second-order valence-electron chi connectivity index (χ2n) is 5.04. The summed E-state index contributed by atoms with van der Waals surface area (Å²) >= 11 is 0. The van der Waals surface area contributed by atoms with Crippen molar-refractivity contribution in [3.05, 3.63) is 89.7 Å². The van der Waals surface area contributed by atoms with E-state index in [4.69, 9.17) is 5.73 Å². The Morgan fingerprint density at radius 2 is 1.76 bits per heavy atom. The highest BCUT2D eigenvalue weighted by molar-refractivity contribution is 6.14. The third-order valence-corrected chi connectivity index (χ3v) is 3.50. The van der Waals surface area contributed by atoms with Crippen molar-refractivity contribution in [3.8, 4) is 0 Å². The van der Waals surface area contributed by atoms with Crippen LogP contribution in [0.25, 0.3) is 5.70 Å². The van der Waals surface area contributed by atoms with Crippen LogP contribution in [0.2, 0.25) is 0 Å². The second kappa shape index (κ2) is 6.23. The van der Waals surface area contributed by atoms with Crippen molar-refractivity contribution in [2.75, 3.05) is 0 Å². The molecule has 0 fully saturated rings. The molecule has 0 bridgehead atoms. The number of aryl methyl sites for hydroxylation is 1. The highest BCUT2D eigenvalue weighted by atomic mass is 14.8. The van der Waals surface area contributed by atoms with Crippen LogP contribution in [-0.2, 0) is 0 Å². The first-order chi connectivity index (χ1) is 10.0. The topological polar surface area (TPSA) is 38.4 Å². The second-order valence-corrected chi connectivity index (χ2v) is 5.04. The van der Waals surface area contributed by atoms with E-state index in [0.717, 1.165) is 33.7 Å². The van der Waals surface area contributed by atoms with Gasteiger partial charge in [-0.3, -0.25) is 0 Å². The van der Waals surface area contributed by atoms with Crippen molar-refractivity contribution in [1.82, 2.24) is 0 Å². The van der Waals surface area contributed by atoms with Crippen molar-refractivity contribution in [2.45, 2.75) is 13.8 Å². The summed E-state index contributed by atoms with van der Waals surface area (Å²) in [4.78, 5) is 4.68. The lowest BCUT2D eigenvalue weighted by Crippen LogP contribution is -2.07. The summed E-state index contributed by atoms with van der Waals surface area (Å²) in [6.45, 7) is 11.9. The lowest BCUT2D eigenvalue weighted by Gasteiger charge is -2.13. The molecule has 0 aliphatic heterocycles. The van der Waals surface area contributed by atoms with E-state index in [-0.39, 0.29) is 0 Å². The molecule has 0 radical (unpaired) electrons. The Bertz CT molecular complexity index is 713. The maximum Gasteiger partial charge on any atom is 0.0712 e. The van der Waals surface area contributed by atoms with Gasteiger partial charge in [-0.1, -0.05) is 55.7 Å². The van der Waals surface area contributed by atoms with Crippen LogP contribution >= 0.6 is 0 Å². The van der Waals surface area contributed by atoms with Crippen LogP contribution in [0.15, 0.2) is 83.6 Å². The fourth-order valence-electron chi connectivity index (χ4n) is 2.16. The van der Waals surface area contributed by atoms with Gasteiger partial charge in [-0.25, -0.2) is 4.99 Å². The lowest BCUT2D eigenvalue weighted by molar-refractivity contribution is 1.28. The standard InChI is InChI=1S/C19H20N2/c1-13-9-5-6-10-17(13)16(4)21-19-12-8-7-11-18(19)14(2)15(3)20/h5-12H,3-4,20H2,1-2H3/b18-14+,21-19?. The molecule has 0 heterocycles. The van der Waals surface area contributed by atoms with Crippen molar-refractivity contribution >= 4 is 11.4 Å². The molecule has 0 saturated carbocycles. The highest BCUT2D eigenvalue weighted by Crippen LogP contribution is 2.22. The molecule has 2 nitrogen and oxygen atoms in total. The highest BCUT2D eigenvalue weighted by Gasteiger charge is 2.10. The smallest absolute Gasteiger partial charge is 0.0712 e. The zero-order valence-corrected chi connectivity index (χ0v) is 12.6. The number of aliphatic imine (C=N–C) groups is 1. The van der Waals surface area contributed by atoms with E-state index in [9.17, 15) is 0 Å². The summed E-state index contributed by atoms with van der Waals surface area (Å²) in [5.74, 6) is 0. The minimum absolute atomic E-state index is 0.555. The fourth-order valence-corrected chi connectivity index (χ4v) is 2.16. The Kier molecular flexibility index (Phi) is 4.39. The Morgan fingerprint density at radius 1 is 1.10 bits per heavy atom. The summed E-state index contributed by atoms with van der Waals surface area (Å²) < 4.78 is 0. The monoisotopic (exact) mass is 276 g/mol. The SMILES string of the molecule is C=C(N)/C(C)=C1\C=CC=CC1=NC(=C)c1ccccc1C. The molecule has 2 N–H and O–H groups in total. The first-order valence-electron chi connectivity index (χ1n) is 6.85. The van der Waals surface area contributed by atoms with E-state index in [1.165, 1.54) is 0 Å². The number of benzene rings is 1. The normalized spacial score (nSPS) is 17.9. The first kappa shape index (κ1) is 14.8. The molecule has 1 aromatic rings. The molecule has 21 heavy (non-hydrogen) atoms. The number of nitrogens with zero attached hydrogens (tertiary/aromatic N) is 1. The van der Waals surface area contributed by atoms with Crippen LogP contribution in [0.3, 0.4) is 0 Å². The predicted molar refractivity (Wildman–Crippen MR) is 92.0 cm³/mol. The van der Waals surface area contributed by atoms with E-state index < -0.39 is 0 Å². The van der Waals surface area contributed by atoms with Crippen molar-refractivity contribution in [3.63, 3.8) is 0 Å². The van der Waals surface area contributed by atoms with Gasteiger partial charge >= 0.3 is 0 Å². The molecule has 0 unspecified atom stereocenters. The Morgan fingerprint density at radius 3 is 2.43 bits per heavy atom. The molecule has 2 heteroatoms. The van der Waals surface area contributed by atoms with Gasteiger partial charge in [0.2, 0.25) is 0 Å². The summed E-state index contributed by atoms with van der Waals surface area (Å²) in [5, 5.41) is 0. The van der Waals surface area contributed by atoms with Gasteiger partial charge in [-0.15, -0.1) is 0 Å². The molecule has 0 aromatic heterocycles. The van der Waals surface area contributed by atoms with Crippen LogP contribution < -0.4 is 5.73 Å². The minimum atomic E-state index is 0.555. The molecular weight excluding hydrogens is 256 g/mol. The molecule has 106 valence electrons. The van der Waals surface area contributed by atoms with Crippen LogP contribution in [-0.4, -0.2) is 5.71 Å². The average Bonchev–Trinajstić information content (AvgIpc) is 2.47. The number of rotatable bonds is 3. The summed E-state index contributed by atoms with van der Waals surface area (Å²) in [7, 11) is 0. The van der Waals surface area contributed by atoms with E-state index in [2.05, 4.69) is 31.1 Å². The summed E-state index contributed by atoms with van der Waals surface area (Å²) in [6, 6.07) is 8.09. The summed E-state index contributed by atoms with van der Waals surface area (Å²) in [6.07, 6.45) is 7.89. The molecule has 0 atom stereocenters.